The van der Waals surface area contributed by atoms with Gasteiger partial charge in [-0.3, -0.25) is 0 Å². The van der Waals surface area contributed by atoms with E-state index in [-0.39, 0.29) is 11.7 Å². The molecule has 0 aliphatic rings. The number of carbonyl (C=O) groups is 2. The van der Waals surface area contributed by atoms with Gasteiger partial charge in [0.2, 0.25) is 0 Å². The van der Waals surface area contributed by atoms with E-state index >= 15 is 0 Å². The van der Waals surface area contributed by atoms with Gasteiger partial charge in [-0.25, -0.2) is 9.59 Å². The second-order valence-electron chi connectivity index (χ2n) is 5.64. The van der Waals surface area contributed by atoms with Gasteiger partial charge in [-0.2, -0.15) is 11.8 Å². The summed E-state index contributed by atoms with van der Waals surface area (Å²) < 4.78 is 5.02. The van der Waals surface area contributed by atoms with Gasteiger partial charge < -0.3 is 20.3 Å². The number of aliphatic hydroxyl groups is 1. The number of carbonyl (C=O) groups excluding carboxylic acids is 1. The molecule has 0 aromatic carbocycles. The number of thioether (sulfide) groups is 1. The van der Waals surface area contributed by atoms with Gasteiger partial charge in [0.1, 0.15) is 11.6 Å². The number of aliphatic hydroxyl groups excluding tert-OH is 1. The minimum absolute atomic E-state index is 0.0194. The van der Waals surface area contributed by atoms with Crippen LogP contribution in [0.4, 0.5) is 4.79 Å². The second-order valence-corrected chi connectivity index (χ2v) is 7.13. The number of ether oxygens (including phenoxy) is 1. The van der Waals surface area contributed by atoms with Crippen molar-refractivity contribution < 1.29 is 24.5 Å². The van der Waals surface area contributed by atoms with Crippen molar-refractivity contribution in [3.05, 3.63) is 0 Å². The molecule has 0 spiro atoms. The average Bonchev–Trinajstić information content (AvgIpc) is 2.24. The molecule has 0 aromatic heterocycles. The summed E-state index contributed by atoms with van der Waals surface area (Å²) in [5.41, 5.74) is -0.664. The van der Waals surface area contributed by atoms with E-state index < -0.39 is 29.8 Å². The number of rotatable bonds is 7. The van der Waals surface area contributed by atoms with Crippen LogP contribution in [-0.4, -0.2) is 51.0 Å². The number of hydrogen-bond acceptors (Lipinski definition) is 5. The molecule has 1 amide bonds. The van der Waals surface area contributed by atoms with E-state index in [0.717, 1.165) is 0 Å². The second kappa shape index (κ2) is 8.36. The van der Waals surface area contributed by atoms with Crippen molar-refractivity contribution in [3.8, 4) is 0 Å². The summed E-state index contributed by atoms with van der Waals surface area (Å²) in [4.78, 5) is 22.6. The van der Waals surface area contributed by atoms with Crippen molar-refractivity contribution in [2.24, 2.45) is 0 Å². The maximum Gasteiger partial charge on any atom is 0.408 e. The highest BCUT2D eigenvalue weighted by Crippen LogP contribution is 2.16. The predicted octanol–water partition coefficient (Wildman–Crippen LogP) is 1.86. The molecule has 3 N–H and O–H groups in total. The minimum atomic E-state index is -1.10. The summed E-state index contributed by atoms with van der Waals surface area (Å²) in [5, 5.41) is 20.8. The molecule has 0 rings (SSSR count). The van der Waals surface area contributed by atoms with Crippen molar-refractivity contribution in [1.29, 1.82) is 0 Å². The Morgan fingerprint density at radius 2 is 1.85 bits per heavy atom. The van der Waals surface area contributed by atoms with Crippen LogP contribution in [0.2, 0.25) is 0 Å². The lowest BCUT2D eigenvalue weighted by atomic mass is 10.2. The highest BCUT2D eigenvalue weighted by molar-refractivity contribution is 7.99. The smallest absolute Gasteiger partial charge is 0.408 e. The van der Waals surface area contributed by atoms with Crippen molar-refractivity contribution in [2.75, 3.05) is 5.75 Å². The number of aliphatic carboxylic acids is 1. The minimum Gasteiger partial charge on any atom is -0.480 e. The molecule has 0 bridgehead atoms. The molecule has 6 nitrogen and oxygen atoms in total. The van der Waals surface area contributed by atoms with Crippen LogP contribution in [0.5, 0.6) is 0 Å². The largest absolute Gasteiger partial charge is 0.480 e. The van der Waals surface area contributed by atoms with E-state index in [1.165, 1.54) is 11.8 Å². The molecular weight excluding hydrogens is 282 g/mol. The van der Waals surface area contributed by atoms with Crippen LogP contribution in [-0.2, 0) is 9.53 Å². The molecule has 0 radical (unpaired) electrons. The highest BCUT2D eigenvalue weighted by Gasteiger charge is 2.24. The molecule has 3 atom stereocenters. The first-order chi connectivity index (χ1) is 9.03. The van der Waals surface area contributed by atoms with Gasteiger partial charge in [-0.05, 0) is 39.9 Å². The average molecular weight is 307 g/mol. The van der Waals surface area contributed by atoms with E-state index in [4.69, 9.17) is 9.84 Å². The number of amides is 1. The Hall–Kier alpha value is -0.950. The molecule has 0 saturated carbocycles. The first-order valence-electron chi connectivity index (χ1n) is 6.55. The van der Waals surface area contributed by atoms with Crippen molar-refractivity contribution in [2.45, 2.75) is 64.0 Å². The third-order valence-electron chi connectivity index (χ3n) is 2.46. The van der Waals surface area contributed by atoms with Crippen LogP contribution >= 0.6 is 11.8 Å². The molecule has 0 heterocycles. The van der Waals surface area contributed by atoms with Crippen molar-refractivity contribution in [1.82, 2.24) is 5.32 Å². The van der Waals surface area contributed by atoms with Crippen LogP contribution in [0.25, 0.3) is 0 Å². The van der Waals surface area contributed by atoms with Crippen LogP contribution in [0, 0.1) is 0 Å². The number of carboxylic acid groups (broad SMARTS) is 1. The summed E-state index contributed by atoms with van der Waals surface area (Å²) in [7, 11) is 0. The zero-order valence-corrected chi connectivity index (χ0v) is 13.5. The van der Waals surface area contributed by atoms with Gasteiger partial charge in [-0.1, -0.05) is 6.92 Å². The Bertz CT molecular complexity index is 327. The summed E-state index contributed by atoms with van der Waals surface area (Å²) in [6.07, 6.45) is -0.920. The summed E-state index contributed by atoms with van der Waals surface area (Å²) in [5.74, 6) is -0.570. The topological polar surface area (TPSA) is 95.9 Å². The molecule has 0 saturated heterocycles. The van der Waals surface area contributed by atoms with E-state index in [1.807, 2.05) is 6.92 Å². The first kappa shape index (κ1) is 19.1. The highest BCUT2D eigenvalue weighted by atomic mass is 32.2. The maximum absolute atomic E-state index is 11.5. The fourth-order valence-corrected chi connectivity index (χ4v) is 2.24. The molecular formula is C13H25NO5S. The van der Waals surface area contributed by atoms with Crippen LogP contribution in [0.15, 0.2) is 0 Å². The fraction of sp³-hybridized carbons (Fsp3) is 0.846. The lowest BCUT2D eigenvalue weighted by Crippen LogP contribution is -2.43. The van der Waals surface area contributed by atoms with Gasteiger partial charge in [0, 0.05) is 5.25 Å². The quantitative estimate of drug-likeness (QED) is 0.664. The van der Waals surface area contributed by atoms with Crippen LogP contribution in [0.3, 0.4) is 0 Å². The summed E-state index contributed by atoms with van der Waals surface area (Å²) in [6.45, 7) is 8.69. The number of alkyl carbamates (subject to hydrolysis) is 1. The SMILES string of the molecule is CC(O)C(C)SCCC(NC(=O)OC(C)(C)C)C(=O)O. The monoisotopic (exact) mass is 307 g/mol. The Morgan fingerprint density at radius 3 is 2.25 bits per heavy atom. The molecule has 118 valence electrons. The zero-order chi connectivity index (χ0) is 15.9. The lowest BCUT2D eigenvalue weighted by molar-refractivity contribution is -0.139. The zero-order valence-electron chi connectivity index (χ0n) is 12.7. The molecule has 0 aliphatic heterocycles. The van der Waals surface area contributed by atoms with E-state index in [9.17, 15) is 14.7 Å². The summed E-state index contributed by atoms with van der Waals surface area (Å²) in [6, 6.07) is -0.987. The van der Waals surface area contributed by atoms with E-state index in [0.29, 0.717) is 5.75 Å². The Kier molecular flexibility index (Phi) is 7.96. The number of carboxylic acids is 1. The fourth-order valence-electron chi connectivity index (χ4n) is 1.22. The Balaban J connectivity index is 4.25. The molecule has 0 fully saturated rings. The number of nitrogens with one attached hydrogen (secondary N) is 1. The van der Waals surface area contributed by atoms with Gasteiger partial charge in [-0.15, -0.1) is 0 Å². The third kappa shape index (κ3) is 9.03. The lowest BCUT2D eigenvalue weighted by Gasteiger charge is -2.22. The van der Waals surface area contributed by atoms with Gasteiger partial charge in [0.05, 0.1) is 6.10 Å². The first-order valence-corrected chi connectivity index (χ1v) is 7.60. The van der Waals surface area contributed by atoms with Gasteiger partial charge >= 0.3 is 12.1 Å². The van der Waals surface area contributed by atoms with Crippen molar-refractivity contribution >= 4 is 23.8 Å². The molecule has 0 aromatic rings. The Labute approximate surface area is 124 Å². The predicted molar refractivity (Wildman–Crippen MR) is 79.0 cm³/mol. The molecule has 3 unspecified atom stereocenters. The molecule has 20 heavy (non-hydrogen) atoms. The maximum atomic E-state index is 11.5. The normalized spacial score (nSPS) is 16.1. The summed E-state index contributed by atoms with van der Waals surface area (Å²) >= 11 is 1.47. The van der Waals surface area contributed by atoms with Crippen LogP contribution < -0.4 is 5.32 Å². The molecule has 7 heteroatoms. The van der Waals surface area contributed by atoms with Crippen LogP contribution in [0.1, 0.15) is 41.0 Å². The van der Waals surface area contributed by atoms with Gasteiger partial charge in [0.25, 0.3) is 0 Å². The van der Waals surface area contributed by atoms with E-state index in [2.05, 4.69) is 5.32 Å². The van der Waals surface area contributed by atoms with E-state index in [1.54, 1.807) is 27.7 Å². The molecule has 0 aliphatic carbocycles. The standard InChI is InChI=1S/C13H25NO5S/c1-8(15)9(2)20-7-6-10(11(16)17)14-12(18)19-13(3,4)5/h8-10,15H,6-7H2,1-5H3,(H,14,18)(H,16,17). The van der Waals surface area contributed by atoms with Crippen molar-refractivity contribution in [3.63, 3.8) is 0 Å². The Morgan fingerprint density at radius 1 is 1.30 bits per heavy atom. The number of hydrogen-bond donors (Lipinski definition) is 3. The third-order valence-corrected chi connectivity index (χ3v) is 3.85. The van der Waals surface area contributed by atoms with Gasteiger partial charge in [0.15, 0.2) is 0 Å².